The topological polar surface area (TPSA) is 41.6 Å². The smallest absolute Gasteiger partial charge is 0.409 e. The van der Waals surface area contributed by atoms with E-state index in [1.54, 1.807) is 0 Å². The quantitative estimate of drug-likeness (QED) is 0.815. The maximum Gasteiger partial charge on any atom is 0.409 e. The van der Waals surface area contributed by atoms with Crippen LogP contribution in [0.2, 0.25) is 0 Å². The van der Waals surface area contributed by atoms with Gasteiger partial charge in [0.25, 0.3) is 5.92 Å². The molecule has 128 valence electrons. The minimum absolute atomic E-state index is 0.211. The largest absolute Gasteiger partial charge is 0.449 e. The maximum absolute atomic E-state index is 14.3. The van der Waals surface area contributed by atoms with E-state index in [2.05, 4.69) is 5.32 Å². The van der Waals surface area contributed by atoms with E-state index < -0.39 is 24.6 Å². The van der Waals surface area contributed by atoms with Crippen molar-refractivity contribution in [1.82, 2.24) is 10.2 Å². The van der Waals surface area contributed by atoms with Gasteiger partial charge in [0.05, 0.1) is 19.2 Å². The van der Waals surface area contributed by atoms with Gasteiger partial charge in [-0.15, -0.1) is 0 Å². The van der Waals surface area contributed by atoms with Crippen molar-refractivity contribution in [2.45, 2.75) is 44.7 Å². The zero-order valence-electron chi connectivity index (χ0n) is 13.4. The van der Waals surface area contributed by atoms with Gasteiger partial charge in [-0.05, 0) is 18.4 Å². The molecule has 2 rings (SSSR count). The Morgan fingerprint density at radius 1 is 1.39 bits per heavy atom. The summed E-state index contributed by atoms with van der Waals surface area (Å²) in [5, 5.41) is 2.91. The van der Waals surface area contributed by atoms with Crippen molar-refractivity contribution in [3.8, 4) is 0 Å². The summed E-state index contributed by atoms with van der Waals surface area (Å²) in [7, 11) is 0. The highest BCUT2D eigenvalue weighted by Crippen LogP contribution is 2.28. The van der Waals surface area contributed by atoms with E-state index in [0.29, 0.717) is 6.54 Å². The lowest BCUT2D eigenvalue weighted by molar-refractivity contribution is -0.0863. The molecule has 0 spiro atoms. The lowest BCUT2D eigenvalue weighted by Gasteiger charge is -2.38. The second-order valence-corrected chi connectivity index (χ2v) is 5.86. The van der Waals surface area contributed by atoms with Crippen molar-refractivity contribution in [3.05, 3.63) is 35.9 Å². The average Bonchev–Trinajstić information content (AvgIpc) is 2.54. The molecule has 0 unspecified atom stereocenters. The molecular weight excluding hydrogens is 302 g/mol. The first-order valence-electron chi connectivity index (χ1n) is 8.09. The number of ether oxygens (including phenoxy) is 1. The molecule has 1 heterocycles. The number of carbonyl (C=O) groups excluding carboxylic acids is 1. The van der Waals surface area contributed by atoms with Crippen LogP contribution in [-0.2, 0) is 11.3 Å². The molecule has 1 aromatic carbocycles. The first kappa shape index (κ1) is 17.7. The molecule has 6 heteroatoms. The molecule has 0 aliphatic carbocycles. The number of piperidine rings is 1. The molecule has 1 saturated heterocycles. The zero-order valence-corrected chi connectivity index (χ0v) is 13.4. The van der Waals surface area contributed by atoms with Gasteiger partial charge in [-0.25, -0.2) is 13.6 Å². The molecule has 1 N–H and O–H groups in total. The molecular formula is C17H24F2N2O2. The highest BCUT2D eigenvalue weighted by molar-refractivity contribution is 5.67. The minimum Gasteiger partial charge on any atom is -0.449 e. The molecule has 1 aliphatic rings. The summed E-state index contributed by atoms with van der Waals surface area (Å²) in [4.78, 5) is 12.9. The van der Waals surface area contributed by atoms with E-state index in [0.717, 1.165) is 23.3 Å². The minimum atomic E-state index is -2.96. The van der Waals surface area contributed by atoms with Crippen LogP contribution >= 0.6 is 0 Å². The number of benzene rings is 1. The molecule has 1 atom stereocenters. The number of alkyl halides is 2. The second-order valence-electron chi connectivity index (χ2n) is 5.86. The lowest BCUT2D eigenvalue weighted by atomic mass is 10.0. The van der Waals surface area contributed by atoms with E-state index in [1.807, 2.05) is 37.3 Å². The third-order valence-corrected chi connectivity index (χ3v) is 3.98. The number of halogens is 2. The van der Waals surface area contributed by atoms with E-state index in [1.165, 1.54) is 0 Å². The standard InChI is InChI=1S/C17H24F2N2O2/c1-2-3-11-23-16(22)21-10-9-15(17(18,19)13-21)20-12-14-7-5-4-6-8-14/h4-8,15,20H,2-3,9-13H2,1H3/t15-/m0/s1. The fourth-order valence-electron chi connectivity index (χ4n) is 2.58. The van der Waals surface area contributed by atoms with Crippen LogP contribution in [-0.4, -0.2) is 42.7 Å². The first-order chi connectivity index (χ1) is 11.0. The number of hydrogen-bond acceptors (Lipinski definition) is 3. The lowest BCUT2D eigenvalue weighted by Crippen LogP contribution is -2.58. The zero-order chi connectivity index (χ0) is 16.7. The number of hydrogen-bond donors (Lipinski definition) is 1. The van der Waals surface area contributed by atoms with Crippen molar-refractivity contribution < 1.29 is 18.3 Å². The summed E-state index contributed by atoms with van der Waals surface area (Å²) < 4.78 is 33.5. The second kappa shape index (κ2) is 8.24. The molecule has 0 radical (unpaired) electrons. The Kier molecular flexibility index (Phi) is 6.33. The third-order valence-electron chi connectivity index (χ3n) is 3.98. The molecule has 1 amide bonds. The Morgan fingerprint density at radius 2 is 2.13 bits per heavy atom. The van der Waals surface area contributed by atoms with Crippen molar-refractivity contribution in [2.75, 3.05) is 19.7 Å². The van der Waals surface area contributed by atoms with Gasteiger partial charge in [-0.3, -0.25) is 0 Å². The van der Waals surface area contributed by atoms with Gasteiger partial charge in [-0.1, -0.05) is 43.7 Å². The highest BCUT2D eigenvalue weighted by atomic mass is 19.3. The number of unbranched alkanes of at least 4 members (excludes halogenated alkanes) is 1. The van der Waals surface area contributed by atoms with Gasteiger partial charge < -0.3 is 15.0 Å². The van der Waals surface area contributed by atoms with Gasteiger partial charge in [-0.2, -0.15) is 0 Å². The van der Waals surface area contributed by atoms with E-state index >= 15 is 0 Å². The summed E-state index contributed by atoms with van der Waals surface area (Å²) in [6, 6.07) is 8.51. The van der Waals surface area contributed by atoms with Crippen LogP contribution in [0.25, 0.3) is 0 Å². The molecule has 4 nitrogen and oxygen atoms in total. The van der Waals surface area contributed by atoms with Crippen LogP contribution in [0.3, 0.4) is 0 Å². The number of likely N-dealkylation sites (tertiary alicyclic amines) is 1. The van der Waals surface area contributed by atoms with Gasteiger partial charge in [0.2, 0.25) is 0 Å². The van der Waals surface area contributed by atoms with Gasteiger partial charge >= 0.3 is 6.09 Å². The van der Waals surface area contributed by atoms with E-state index in [4.69, 9.17) is 4.74 Å². The SMILES string of the molecule is CCCCOC(=O)N1CC[C@H](NCc2ccccc2)C(F)(F)C1. The fraction of sp³-hybridized carbons (Fsp3) is 0.588. The molecule has 1 aliphatic heterocycles. The highest BCUT2D eigenvalue weighted by Gasteiger charge is 2.45. The summed E-state index contributed by atoms with van der Waals surface area (Å²) >= 11 is 0. The summed E-state index contributed by atoms with van der Waals surface area (Å²) in [5.41, 5.74) is 0.963. The number of amides is 1. The van der Waals surface area contributed by atoms with Crippen molar-refractivity contribution in [1.29, 1.82) is 0 Å². The first-order valence-corrected chi connectivity index (χ1v) is 8.09. The molecule has 1 fully saturated rings. The molecule has 0 saturated carbocycles. The Morgan fingerprint density at radius 3 is 2.78 bits per heavy atom. The Labute approximate surface area is 135 Å². The van der Waals surface area contributed by atoms with Crippen molar-refractivity contribution in [3.63, 3.8) is 0 Å². The third kappa shape index (κ3) is 5.16. The van der Waals surface area contributed by atoms with Crippen LogP contribution < -0.4 is 5.32 Å². The van der Waals surface area contributed by atoms with Gasteiger partial charge in [0, 0.05) is 13.1 Å². The normalized spacial score (nSPS) is 20.3. The number of carbonyl (C=O) groups is 1. The summed E-state index contributed by atoms with van der Waals surface area (Å²) in [6.45, 7) is 2.35. The Bertz CT molecular complexity index is 497. The van der Waals surface area contributed by atoms with Crippen molar-refractivity contribution >= 4 is 6.09 Å². The van der Waals surface area contributed by atoms with Crippen LogP contribution in [0.1, 0.15) is 31.7 Å². The van der Waals surface area contributed by atoms with Crippen LogP contribution in [0.4, 0.5) is 13.6 Å². The Balaban J connectivity index is 1.83. The van der Waals surface area contributed by atoms with Gasteiger partial charge in [0.1, 0.15) is 0 Å². The van der Waals surface area contributed by atoms with Crippen LogP contribution in [0.15, 0.2) is 30.3 Å². The number of rotatable bonds is 6. The van der Waals surface area contributed by atoms with Crippen LogP contribution in [0, 0.1) is 0 Å². The summed E-state index contributed by atoms with van der Waals surface area (Å²) in [5.74, 6) is -2.96. The van der Waals surface area contributed by atoms with Crippen LogP contribution in [0.5, 0.6) is 0 Å². The predicted molar refractivity (Wildman–Crippen MR) is 84.5 cm³/mol. The molecule has 1 aromatic rings. The molecule has 0 aromatic heterocycles. The summed E-state index contributed by atoms with van der Waals surface area (Å²) in [6.07, 6.45) is 1.22. The Hall–Kier alpha value is -1.69. The van der Waals surface area contributed by atoms with Crippen molar-refractivity contribution in [2.24, 2.45) is 0 Å². The number of nitrogens with one attached hydrogen (secondary N) is 1. The van der Waals surface area contributed by atoms with Gasteiger partial charge in [0.15, 0.2) is 0 Å². The molecule has 23 heavy (non-hydrogen) atoms. The van der Waals surface area contributed by atoms with E-state index in [-0.39, 0.29) is 19.6 Å². The fourth-order valence-corrected chi connectivity index (χ4v) is 2.58. The average molecular weight is 326 g/mol. The predicted octanol–water partition coefficient (Wildman–Crippen LogP) is 3.42. The van der Waals surface area contributed by atoms with E-state index in [9.17, 15) is 13.6 Å². The molecule has 0 bridgehead atoms. The number of nitrogens with zero attached hydrogens (tertiary/aromatic N) is 1. The maximum atomic E-state index is 14.3. The monoisotopic (exact) mass is 326 g/mol.